The van der Waals surface area contributed by atoms with Crippen molar-refractivity contribution in [1.29, 1.82) is 0 Å². The standard InChI is InChI=1S/C16H19NS/c1-11-6-4-5-7-14(11)16(17-3)15-9-8-13(18)10-12(15)2/h4-10,16-18H,1-3H3. The lowest BCUT2D eigenvalue weighted by Gasteiger charge is -2.21. The van der Waals surface area contributed by atoms with Crippen LogP contribution in [0.2, 0.25) is 0 Å². The predicted molar refractivity (Wildman–Crippen MR) is 80.5 cm³/mol. The fraction of sp³-hybridized carbons (Fsp3) is 0.250. The van der Waals surface area contributed by atoms with Crippen molar-refractivity contribution in [2.45, 2.75) is 24.8 Å². The van der Waals surface area contributed by atoms with Crippen LogP contribution in [0, 0.1) is 13.8 Å². The maximum absolute atomic E-state index is 4.39. The number of thiol groups is 1. The number of hydrogen-bond donors (Lipinski definition) is 2. The second-order valence-corrected chi connectivity index (χ2v) is 5.14. The second-order valence-electron chi connectivity index (χ2n) is 4.62. The zero-order valence-corrected chi connectivity index (χ0v) is 12.0. The zero-order chi connectivity index (χ0) is 13.1. The largest absolute Gasteiger partial charge is 0.309 e. The molecule has 0 bridgehead atoms. The van der Waals surface area contributed by atoms with E-state index in [-0.39, 0.29) is 6.04 Å². The quantitative estimate of drug-likeness (QED) is 0.795. The lowest BCUT2D eigenvalue weighted by atomic mass is 9.92. The Hall–Kier alpha value is -1.25. The molecule has 2 aromatic rings. The van der Waals surface area contributed by atoms with E-state index in [0.717, 1.165) is 4.90 Å². The number of rotatable bonds is 3. The van der Waals surface area contributed by atoms with Crippen molar-refractivity contribution in [3.8, 4) is 0 Å². The Bertz CT molecular complexity index is 549. The van der Waals surface area contributed by atoms with Crippen molar-refractivity contribution < 1.29 is 0 Å². The van der Waals surface area contributed by atoms with Gasteiger partial charge in [-0.3, -0.25) is 0 Å². The summed E-state index contributed by atoms with van der Waals surface area (Å²) in [5.74, 6) is 0. The summed E-state index contributed by atoms with van der Waals surface area (Å²) < 4.78 is 0. The van der Waals surface area contributed by atoms with Gasteiger partial charge in [-0.2, -0.15) is 0 Å². The molecule has 94 valence electrons. The molecule has 0 spiro atoms. The van der Waals surface area contributed by atoms with Crippen LogP contribution in [0.4, 0.5) is 0 Å². The monoisotopic (exact) mass is 257 g/mol. The van der Waals surface area contributed by atoms with E-state index in [1.54, 1.807) is 0 Å². The van der Waals surface area contributed by atoms with Crippen LogP contribution in [0.25, 0.3) is 0 Å². The van der Waals surface area contributed by atoms with Gasteiger partial charge < -0.3 is 5.32 Å². The molecule has 0 aromatic heterocycles. The van der Waals surface area contributed by atoms with Crippen LogP contribution in [0.5, 0.6) is 0 Å². The Kier molecular flexibility index (Phi) is 4.10. The summed E-state index contributed by atoms with van der Waals surface area (Å²) in [5, 5.41) is 3.41. The van der Waals surface area contributed by atoms with Crippen LogP contribution in [0.15, 0.2) is 47.4 Å². The highest BCUT2D eigenvalue weighted by Gasteiger charge is 2.15. The lowest BCUT2D eigenvalue weighted by molar-refractivity contribution is 0.683. The predicted octanol–water partition coefficient (Wildman–Crippen LogP) is 3.90. The fourth-order valence-electron chi connectivity index (χ4n) is 2.37. The first-order chi connectivity index (χ1) is 8.63. The van der Waals surface area contributed by atoms with Crippen molar-refractivity contribution in [3.05, 3.63) is 64.7 Å². The summed E-state index contributed by atoms with van der Waals surface area (Å²) >= 11 is 4.39. The molecular weight excluding hydrogens is 238 g/mol. The van der Waals surface area contributed by atoms with Gasteiger partial charge in [-0.25, -0.2) is 0 Å². The molecule has 0 aliphatic rings. The van der Waals surface area contributed by atoms with Gasteiger partial charge >= 0.3 is 0 Å². The summed E-state index contributed by atoms with van der Waals surface area (Å²) in [4.78, 5) is 1.01. The Morgan fingerprint density at radius 3 is 2.22 bits per heavy atom. The number of hydrogen-bond acceptors (Lipinski definition) is 2. The minimum absolute atomic E-state index is 0.236. The molecule has 1 unspecified atom stereocenters. The van der Waals surface area contributed by atoms with Gasteiger partial charge in [-0.05, 0) is 55.3 Å². The molecule has 0 aliphatic heterocycles. The molecule has 0 fully saturated rings. The molecular formula is C16H19NS. The lowest BCUT2D eigenvalue weighted by Crippen LogP contribution is -2.19. The average molecular weight is 257 g/mol. The first-order valence-corrected chi connectivity index (χ1v) is 6.60. The van der Waals surface area contributed by atoms with Crippen LogP contribution < -0.4 is 5.32 Å². The third-order valence-corrected chi connectivity index (χ3v) is 3.63. The van der Waals surface area contributed by atoms with Crippen LogP contribution in [0.1, 0.15) is 28.3 Å². The third kappa shape index (κ3) is 2.60. The van der Waals surface area contributed by atoms with Gasteiger partial charge in [-0.1, -0.05) is 30.3 Å². The maximum atomic E-state index is 4.39. The van der Waals surface area contributed by atoms with Gasteiger partial charge in [0.05, 0.1) is 6.04 Å². The smallest absolute Gasteiger partial charge is 0.0579 e. The van der Waals surface area contributed by atoms with E-state index in [2.05, 4.69) is 68.2 Å². The van der Waals surface area contributed by atoms with Crippen molar-refractivity contribution in [2.75, 3.05) is 7.05 Å². The number of aryl methyl sites for hydroxylation is 2. The molecule has 2 heteroatoms. The third-order valence-electron chi connectivity index (χ3n) is 3.35. The summed E-state index contributed by atoms with van der Waals surface area (Å²) in [7, 11) is 2.01. The van der Waals surface area contributed by atoms with Gasteiger partial charge in [0.15, 0.2) is 0 Å². The fourth-order valence-corrected chi connectivity index (χ4v) is 2.64. The van der Waals surface area contributed by atoms with Crippen LogP contribution in [-0.4, -0.2) is 7.05 Å². The van der Waals surface area contributed by atoms with E-state index in [4.69, 9.17) is 0 Å². The number of benzene rings is 2. The molecule has 0 heterocycles. The average Bonchev–Trinajstić information content (AvgIpc) is 2.34. The first kappa shape index (κ1) is 13.2. The molecule has 0 saturated heterocycles. The Morgan fingerprint density at radius 1 is 0.944 bits per heavy atom. The molecule has 2 aromatic carbocycles. The van der Waals surface area contributed by atoms with E-state index >= 15 is 0 Å². The molecule has 0 amide bonds. The highest BCUT2D eigenvalue weighted by Crippen LogP contribution is 2.28. The minimum atomic E-state index is 0.236. The summed E-state index contributed by atoms with van der Waals surface area (Å²) in [6.45, 7) is 4.29. The van der Waals surface area contributed by atoms with Gasteiger partial charge in [0.1, 0.15) is 0 Å². The van der Waals surface area contributed by atoms with Crippen LogP contribution in [-0.2, 0) is 0 Å². The van der Waals surface area contributed by atoms with Crippen molar-refractivity contribution in [1.82, 2.24) is 5.32 Å². The zero-order valence-electron chi connectivity index (χ0n) is 11.1. The van der Waals surface area contributed by atoms with Crippen LogP contribution >= 0.6 is 12.6 Å². The molecule has 0 saturated carbocycles. The van der Waals surface area contributed by atoms with E-state index in [1.165, 1.54) is 22.3 Å². The summed E-state index contributed by atoms with van der Waals surface area (Å²) in [6, 6.07) is 15.1. The topological polar surface area (TPSA) is 12.0 Å². The van der Waals surface area contributed by atoms with Gasteiger partial charge in [0.2, 0.25) is 0 Å². The molecule has 18 heavy (non-hydrogen) atoms. The highest BCUT2D eigenvalue weighted by molar-refractivity contribution is 7.80. The second kappa shape index (κ2) is 5.59. The van der Waals surface area contributed by atoms with E-state index < -0.39 is 0 Å². The van der Waals surface area contributed by atoms with Crippen molar-refractivity contribution >= 4 is 12.6 Å². The van der Waals surface area contributed by atoms with Crippen molar-refractivity contribution in [2.24, 2.45) is 0 Å². The molecule has 2 rings (SSSR count). The maximum Gasteiger partial charge on any atom is 0.0579 e. The van der Waals surface area contributed by atoms with Crippen LogP contribution in [0.3, 0.4) is 0 Å². The van der Waals surface area contributed by atoms with Gasteiger partial charge in [0, 0.05) is 4.90 Å². The molecule has 0 aliphatic carbocycles. The molecule has 0 radical (unpaired) electrons. The summed E-state index contributed by atoms with van der Waals surface area (Å²) in [6.07, 6.45) is 0. The van der Waals surface area contributed by atoms with Gasteiger partial charge in [0.25, 0.3) is 0 Å². The molecule has 1 N–H and O–H groups in total. The SMILES string of the molecule is CNC(c1ccccc1C)c1ccc(S)cc1C. The van der Waals surface area contributed by atoms with E-state index in [1.807, 2.05) is 13.1 Å². The normalized spacial score (nSPS) is 12.4. The summed E-state index contributed by atoms with van der Waals surface area (Å²) in [5.41, 5.74) is 5.22. The van der Waals surface area contributed by atoms with E-state index in [0.29, 0.717) is 0 Å². The Morgan fingerprint density at radius 2 is 1.61 bits per heavy atom. The highest BCUT2D eigenvalue weighted by atomic mass is 32.1. The Balaban J connectivity index is 2.49. The Labute approximate surface area is 115 Å². The van der Waals surface area contributed by atoms with Crippen molar-refractivity contribution in [3.63, 3.8) is 0 Å². The molecule has 1 atom stereocenters. The van der Waals surface area contributed by atoms with E-state index in [9.17, 15) is 0 Å². The number of nitrogens with one attached hydrogen (secondary N) is 1. The molecule has 1 nitrogen and oxygen atoms in total. The van der Waals surface area contributed by atoms with Gasteiger partial charge in [-0.15, -0.1) is 12.6 Å². The first-order valence-electron chi connectivity index (χ1n) is 6.16. The minimum Gasteiger partial charge on any atom is -0.309 e.